The fourth-order valence-corrected chi connectivity index (χ4v) is 3.94. The number of carbonyl (C=O) groups excluding carboxylic acids is 1. The van der Waals surface area contributed by atoms with Gasteiger partial charge in [-0.2, -0.15) is 13.2 Å². The number of nitrogens with zero attached hydrogens (tertiary/aromatic N) is 3. The van der Waals surface area contributed by atoms with Gasteiger partial charge < -0.3 is 4.74 Å². The first-order valence-corrected chi connectivity index (χ1v) is 10.9. The zero-order valence-electron chi connectivity index (χ0n) is 18.4. The molecule has 1 atom stereocenters. The Morgan fingerprint density at radius 3 is 2.38 bits per heavy atom. The molecule has 0 amide bonds. The number of hydrogen-bond donors (Lipinski definition) is 0. The van der Waals surface area contributed by atoms with E-state index in [1.165, 1.54) is 24.0 Å². The van der Waals surface area contributed by atoms with E-state index in [9.17, 15) is 18.0 Å². The molecule has 0 radical (unpaired) electrons. The molecule has 3 aromatic rings. The lowest BCUT2D eigenvalue weighted by molar-refractivity contribution is -0.137. The molecule has 4 rings (SSSR count). The van der Waals surface area contributed by atoms with Crippen molar-refractivity contribution in [2.75, 3.05) is 16.5 Å². The number of anilines is 2. The summed E-state index contributed by atoms with van der Waals surface area (Å²) in [5.74, 6) is 0.143. The van der Waals surface area contributed by atoms with Crippen LogP contribution in [-0.2, 0) is 11.0 Å². The van der Waals surface area contributed by atoms with Crippen molar-refractivity contribution >= 4 is 34.6 Å². The number of halogens is 4. The second-order valence-corrected chi connectivity index (χ2v) is 8.00. The first-order valence-electron chi connectivity index (χ1n) is 10.5. The van der Waals surface area contributed by atoms with E-state index in [1.54, 1.807) is 53.5 Å². The van der Waals surface area contributed by atoms with E-state index in [2.05, 4.69) is 5.10 Å². The van der Waals surface area contributed by atoms with Gasteiger partial charge in [-0.15, -0.1) is 5.10 Å². The molecular weight excluding hydrogens is 467 g/mol. The molecule has 0 N–H and O–H groups in total. The van der Waals surface area contributed by atoms with Crippen LogP contribution in [0, 0.1) is 0 Å². The van der Waals surface area contributed by atoms with E-state index in [0.29, 0.717) is 28.6 Å². The number of benzene rings is 3. The highest BCUT2D eigenvalue weighted by Crippen LogP contribution is 2.43. The lowest BCUT2D eigenvalue weighted by atomic mass is 10.1. The zero-order valence-corrected chi connectivity index (χ0v) is 19.1. The number of rotatable bonds is 6. The SMILES string of the molecule is CCOc1ccccc1[C@H]1N(c2ccc(Cl)cc2)N=C(C(C)=O)N1c1cccc(C(F)(F)F)c1. The summed E-state index contributed by atoms with van der Waals surface area (Å²) >= 11 is 6.06. The van der Waals surface area contributed by atoms with E-state index in [1.807, 2.05) is 6.92 Å². The van der Waals surface area contributed by atoms with Crippen LogP contribution in [0.25, 0.3) is 0 Å². The number of hydrazone groups is 1. The molecule has 9 heteroatoms. The third kappa shape index (κ3) is 4.59. The van der Waals surface area contributed by atoms with Gasteiger partial charge in [0.05, 0.1) is 17.9 Å². The van der Waals surface area contributed by atoms with Gasteiger partial charge in [0.25, 0.3) is 0 Å². The number of Topliss-reactive ketones (excluding diaryl/α,β-unsaturated/α-hetero) is 1. The molecule has 176 valence electrons. The molecule has 0 saturated heterocycles. The molecule has 0 saturated carbocycles. The average molecular weight is 488 g/mol. The van der Waals surface area contributed by atoms with Crippen LogP contribution in [0.5, 0.6) is 5.75 Å². The minimum atomic E-state index is -4.54. The van der Waals surface area contributed by atoms with Gasteiger partial charge in [-0.25, -0.2) is 5.01 Å². The number of hydrogen-bond acceptors (Lipinski definition) is 5. The first kappa shape index (κ1) is 23.6. The van der Waals surface area contributed by atoms with Gasteiger partial charge in [-0.3, -0.25) is 9.69 Å². The van der Waals surface area contributed by atoms with Crippen molar-refractivity contribution in [1.82, 2.24) is 0 Å². The predicted molar refractivity (Wildman–Crippen MR) is 126 cm³/mol. The Bertz CT molecular complexity index is 1230. The van der Waals surface area contributed by atoms with Crippen LogP contribution in [0.4, 0.5) is 24.5 Å². The number of ether oxygens (including phenoxy) is 1. The highest BCUT2D eigenvalue weighted by molar-refractivity contribution is 6.44. The third-order valence-electron chi connectivity index (χ3n) is 5.26. The maximum absolute atomic E-state index is 13.5. The number of ketones is 1. The van der Waals surface area contributed by atoms with E-state index < -0.39 is 23.7 Å². The van der Waals surface area contributed by atoms with Gasteiger partial charge >= 0.3 is 6.18 Å². The average Bonchev–Trinajstić information content (AvgIpc) is 3.20. The molecule has 0 spiro atoms. The maximum Gasteiger partial charge on any atom is 0.416 e. The quantitative estimate of drug-likeness (QED) is 0.389. The molecule has 0 aliphatic carbocycles. The molecule has 1 aliphatic heterocycles. The summed E-state index contributed by atoms with van der Waals surface area (Å²) in [6.45, 7) is 3.55. The summed E-state index contributed by atoms with van der Waals surface area (Å²) < 4.78 is 46.4. The zero-order chi connectivity index (χ0) is 24.5. The topological polar surface area (TPSA) is 45.1 Å². The van der Waals surface area contributed by atoms with Crippen molar-refractivity contribution in [3.8, 4) is 5.75 Å². The molecule has 0 fully saturated rings. The number of para-hydroxylation sites is 1. The summed E-state index contributed by atoms with van der Waals surface area (Å²) in [5, 5.41) is 6.64. The summed E-state index contributed by atoms with van der Waals surface area (Å²) in [4.78, 5) is 14.2. The number of carbonyl (C=O) groups is 1. The molecule has 0 aromatic heterocycles. The summed E-state index contributed by atoms with van der Waals surface area (Å²) in [5.41, 5.74) is 0.594. The van der Waals surface area contributed by atoms with Gasteiger partial charge in [0.2, 0.25) is 0 Å². The van der Waals surface area contributed by atoms with Crippen LogP contribution < -0.4 is 14.6 Å². The molecule has 3 aromatic carbocycles. The summed E-state index contributed by atoms with van der Waals surface area (Å²) in [6.07, 6.45) is -5.33. The fourth-order valence-electron chi connectivity index (χ4n) is 3.81. The summed E-state index contributed by atoms with van der Waals surface area (Å²) in [7, 11) is 0. The Morgan fingerprint density at radius 1 is 1.03 bits per heavy atom. The predicted octanol–water partition coefficient (Wildman–Crippen LogP) is 6.69. The van der Waals surface area contributed by atoms with Crippen molar-refractivity contribution in [1.29, 1.82) is 0 Å². The Kier molecular flexibility index (Phi) is 6.52. The molecular formula is C25H21ClF3N3O2. The van der Waals surface area contributed by atoms with Crippen LogP contribution in [0.2, 0.25) is 5.02 Å². The smallest absolute Gasteiger partial charge is 0.416 e. The highest BCUT2D eigenvalue weighted by Gasteiger charge is 2.41. The third-order valence-corrected chi connectivity index (χ3v) is 5.51. The molecule has 0 bridgehead atoms. The maximum atomic E-state index is 13.5. The van der Waals surface area contributed by atoms with Gasteiger partial charge in [0.1, 0.15) is 5.75 Å². The van der Waals surface area contributed by atoms with Crippen LogP contribution in [0.1, 0.15) is 31.1 Å². The minimum Gasteiger partial charge on any atom is -0.493 e. The van der Waals surface area contributed by atoms with Crippen molar-refractivity contribution in [3.63, 3.8) is 0 Å². The highest BCUT2D eigenvalue weighted by atomic mass is 35.5. The van der Waals surface area contributed by atoms with Crippen molar-refractivity contribution in [2.24, 2.45) is 5.10 Å². The standard InChI is InChI=1S/C25H21ClF3N3O2/c1-3-34-22-10-5-4-9-21(22)24-31(20-8-6-7-17(15-20)25(27,28)29)23(16(2)33)30-32(24)19-13-11-18(26)12-14-19/h4-15,24H,3H2,1-2H3/t24-/m1/s1. The molecule has 0 unspecified atom stereocenters. The van der Waals surface area contributed by atoms with Crippen molar-refractivity contribution in [3.05, 3.63) is 88.9 Å². The van der Waals surface area contributed by atoms with Crippen molar-refractivity contribution < 1.29 is 22.7 Å². The Balaban J connectivity index is 1.94. The molecule has 1 aliphatic rings. The second kappa shape index (κ2) is 9.38. The van der Waals surface area contributed by atoms with Crippen LogP contribution in [0.15, 0.2) is 77.9 Å². The Labute approximate surface area is 200 Å². The van der Waals surface area contributed by atoms with Gasteiger partial charge in [-0.05, 0) is 55.5 Å². The Hall–Kier alpha value is -3.52. The van der Waals surface area contributed by atoms with Crippen LogP contribution in [0.3, 0.4) is 0 Å². The van der Waals surface area contributed by atoms with Gasteiger partial charge in [0.15, 0.2) is 17.8 Å². The number of amidine groups is 1. The van der Waals surface area contributed by atoms with Crippen LogP contribution >= 0.6 is 11.6 Å². The largest absolute Gasteiger partial charge is 0.493 e. The minimum absolute atomic E-state index is 0.00516. The van der Waals surface area contributed by atoms with E-state index in [4.69, 9.17) is 16.3 Å². The van der Waals surface area contributed by atoms with E-state index in [0.717, 1.165) is 12.1 Å². The molecule has 34 heavy (non-hydrogen) atoms. The molecule has 5 nitrogen and oxygen atoms in total. The molecule has 1 heterocycles. The van der Waals surface area contributed by atoms with Crippen LogP contribution in [-0.4, -0.2) is 18.2 Å². The monoisotopic (exact) mass is 487 g/mol. The van der Waals surface area contributed by atoms with E-state index in [-0.39, 0.29) is 11.5 Å². The van der Waals surface area contributed by atoms with Crippen molar-refractivity contribution in [2.45, 2.75) is 26.2 Å². The van der Waals surface area contributed by atoms with Gasteiger partial charge in [0, 0.05) is 23.2 Å². The lowest BCUT2D eigenvalue weighted by Crippen LogP contribution is -2.38. The second-order valence-electron chi connectivity index (χ2n) is 7.56. The fraction of sp³-hybridized carbons (Fsp3) is 0.200. The Morgan fingerprint density at radius 2 is 1.74 bits per heavy atom. The first-order chi connectivity index (χ1) is 16.2. The lowest BCUT2D eigenvalue weighted by Gasteiger charge is -2.33. The van der Waals surface area contributed by atoms with Gasteiger partial charge in [-0.1, -0.05) is 35.9 Å². The van der Waals surface area contributed by atoms with E-state index >= 15 is 0 Å². The normalized spacial score (nSPS) is 15.9. The summed E-state index contributed by atoms with van der Waals surface area (Å²) in [6, 6.07) is 18.8. The number of alkyl halides is 3.